The summed E-state index contributed by atoms with van der Waals surface area (Å²) in [6, 6.07) is 17.5. The molecule has 0 unspecified atom stereocenters. The maximum absolute atomic E-state index is 12.4. The van der Waals surface area contributed by atoms with Crippen LogP contribution < -0.4 is 0 Å². The van der Waals surface area contributed by atoms with Gasteiger partial charge in [-0.3, -0.25) is 4.79 Å². The van der Waals surface area contributed by atoms with E-state index >= 15 is 0 Å². The van der Waals surface area contributed by atoms with Crippen LogP contribution >= 0.6 is 0 Å². The number of carbonyl (C=O) groups is 1. The van der Waals surface area contributed by atoms with Crippen molar-refractivity contribution < 1.29 is 4.79 Å². The van der Waals surface area contributed by atoms with Crippen molar-refractivity contribution in [2.24, 2.45) is 0 Å². The van der Waals surface area contributed by atoms with Crippen molar-refractivity contribution in [1.29, 1.82) is 0 Å². The highest BCUT2D eigenvalue weighted by Gasteiger charge is 2.24. The molecule has 0 saturated heterocycles. The Balaban J connectivity index is 1.65. The Labute approximate surface area is 127 Å². The lowest BCUT2D eigenvalue weighted by molar-refractivity contribution is 0.104. The Morgan fingerprint density at radius 2 is 1.77 bits per heavy atom. The lowest BCUT2D eigenvalue weighted by atomic mass is 10.1. The fourth-order valence-corrected chi connectivity index (χ4v) is 2.70. The van der Waals surface area contributed by atoms with E-state index < -0.39 is 0 Å². The van der Waals surface area contributed by atoms with Crippen LogP contribution in [0.1, 0.15) is 21.6 Å². The number of hydrogen-bond donors (Lipinski definition) is 0. The lowest BCUT2D eigenvalue weighted by Gasteiger charge is -1.96. The second-order valence-electron chi connectivity index (χ2n) is 5.26. The van der Waals surface area contributed by atoms with Crippen LogP contribution in [0.5, 0.6) is 0 Å². The summed E-state index contributed by atoms with van der Waals surface area (Å²) < 4.78 is 1.71. The molecule has 1 aliphatic rings. The molecule has 0 radical (unpaired) electrons. The van der Waals surface area contributed by atoms with Gasteiger partial charge in [-0.05, 0) is 23.8 Å². The largest absolute Gasteiger partial charge is 0.289 e. The Morgan fingerprint density at radius 1 is 1.00 bits per heavy atom. The van der Waals surface area contributed by atoms with Crippen molar-refractivity contribution in [3.63, 3.8) is 0 Å². The zero-order chi connectivity index (χ0) is 14.9. The number of Topliss-reactive ketones (excluding diaryl/α,β-unsaturated/α-hetero) is 1. The number of benzene rings is 2. The molecule has 1 aliphatic carbocycles. The highest BCUT2D eigenvalue weighted by Crippen LogP contribution is 2.27. The number of hydrogen-bond acceptors (Lipinski definition) is 3. The molecular weight excluding hydrogens is 274 g/mol. The standard InChI is InChI=1S/C18H13N3O/c22-18-14(10-13-6-4-5-9-17(13)18)11-15-12-21(20-19-15)16-7-2-1-3-8-16/h1-9,11-12H,10H2/b14-11+. The molecule has 0 saturated carbocycles. The molecule has 4 heteroatoms. The first-order chi connectivity index (χ1) is 10.8. The summed E-state index contributed by atoms with van der Waals surface area (Å²) in [6.07, 6.45) is 4.32. The molecular formula is C18H13N3O. The summed E-state index contributed by atoms with van der Waals surface area (Å²) in [5, 5.41) is 8.25. The Hall–Kier alpha value is -3.01. The zero-order valence-electron chi connectivity index (χ0n) is 11.8. The van der Waals surface area contributed by atoms with Gasteiger partial charge < -0.3 is 0 Å². The number of rotatable bonds is 2. The summed E-state index contributed by atoms with van der Waals surface area (Å²) in [7, 11) is 0. The molecule has 106 valence electrons. The first kappa shape index (κ1) is 12.7. The molecule has 3 aromatic rings. The SMILES string of the molecule is O=C1/C(=C/c2cn(-c3ccccc3)nn2)Cc2ccccc21. The molecule has 1 heterocycles. The van der Waals surface area contributed by atoms with Gasteiger partial charge in [0.25, 0.3) is 0 Å². The second-order valence-corrected chi connectivity index (χ2v) is 5.26. The van der Waals surface area contributed by atoms with Crippen LogP contribution in [0.15, 0.2) is 66.4 Å². The van der Waals surface area contributed by atoms with Gasteiger partial charge in [-0.2, -0.15) is 0 Å². The predicted octanol–water partition coefficient (Wildman–Crippen LogP) is 3.09. The van der Waals surface area contributed by atoms with Crippen molar-refractivity contribution in [3.8, 4) is 5.69 Å². The molecule has 0 bridgehead atoms. The van der Waals surface area contributed by atoms with E-state index in [0.29, 0.717) is 12.1 Å². The van der Waals surface area contributed by atoms with Crippen LogP contribution in [0.25, 0.3) is 11.8 Å². The van der Waals surface area contributed by atoms with E-state index in [1.54, 1.807) is 4.68 Å². The minimum Gasteiger partial charge on any atom is -0.289 e. The first-order valence-electron chi connectivity index (χ1n) is 7.12. The number of para-hydroxylation sites is 1. The van der Waals surface area contributed by atoms with Gasteiger partial charge in [-0.15, -0.1) is 5.10 Å². The monoisotopic (exact) mass is 287 g/mol. The minimum absolute atomic E-state index is 0.0878. The van der Waals surface area contributed by atoms with Gasteiger partial charge >= 0.3 is 0 Å². The molecule has 2 aromatic carbocycles. The van der Waals surface area contributed by atoms with Gasteiger partial charge in [0.1, 0.15) is 5.69 Å². The van der Waals surface area contributed by atoms with Crippen LogP contribution in [0.4, 0.5) is 0 Å². The van der Waals surface area contributed by atoms with Gasteiger partial charge in [0.15, 0.2) is 5.78 Å². The summed E-state index contributed by atoms with van der Waals surface area (Å²) in [4.78, 5) is 12.4. The first-order valence-corrected chi connectivity index (χ1v) is 7.12. The number of allylic oxidation sites excluding steroid dienone is 1. The lowest BCUT2D eigenvalue weighted by Crippen LogP contribution is -1.95. The number of carbonyl (C=O) groups excluding carboxylic acids is 1. The van der Waals surface area contributed by atoms with Crippen LogP contribution in [-0.4, -0.2) is 20.8 Å². The van der Waals surface area contributed by atoms with E-state index in [0.717, 1.165) is 22.4 Å². The molecule has 1 aromatic heterocycles. The molecule has 0 aliphatic heterocycles. The van der Waals surface area contributed by atoms with Crippen molar-refractivity contribution in [3.05, 3.63) is 83.2 Å². The van der Waals surface area contributed by atoms with E-state index in [1.807, 2.05) is 66.9 Å². The van der Waals surface area contributed by atoms with Crippen LogP contribution in [0, 0.1) is 0 Å². The van der Waals surface area contributed by atoms with Crippen LogP contribution in [0.3, 0.4) is 0 Å². The van der Waals surface area contributed by atoms with Crippen LogP contribution in [0.2, 0.25) is 0 Å². The smallest absolute Gasteiger partial charge is 0.189 e. The van der Waals surface area contributed by atoms with Gasteiger partial charge in [0.2, 0.25) is 0 Å². The number of ketones is 1. The number of nitrogens with zero attached hydrogens (tertiary/aromatic N) is 3. The molecule has 4 rings (SSSR count). The molecule has 0 spiro atoms. The molecule has 22 heavy (non-hydrogen) atoms. The van der Waals surface area contributed by atoms with Crippen molar-refractivity contribution in [1.82, 2.24) is 15.0 Å². The third-order valence-corrected chi connectivity index (χ3v) is 3.79. The molecule has 0 atom stereocenters. The van der Waals surface area contributed by atoms with Crippen molar-refractivity contribution in [2.75, 3.05) is 0 Å². The Morgan fingerprint density at radius 3 is 2.59 bits per heavy atom. The highest BCUT2D eigenvalue weighted by atomic mass is 16.1. The summed E-state index contributed by atoms with van der Waals surface area (Å²) in [6.45, 7) is 0. The van der Waals surface area contributed by atoms with Gasteiger partial charge in [0.05, 0.1) is 11.9 Å². The van der Waals surface area contributed by atoms with Crippen molar-refractivity contribution in [2.45, 2.75) is 6.42 Å². The van der Waals surface area contributed by atoms with Gasteiger partial charge in [-0.1, -0.05) is 47.7 Å². The zero-order valence-corrected chi connectivity index (χ0v) is 11.8. The summed E-state index contributed by atoms with van der Waals surface area (Å²) >= 11 is 0. The number of aromatic nitrogens is 3. The molecule has 4 nitrogen and oxygen atoms in total. The third kappa shape index (κ3) is 2.15. The number of fused-ring (bicyclic) bond motifs is 1. The van der Waals surface area contributed by atoms with Gasteiger partial charge in [0, 0.05) is 17.6 Å². The molecule has 0 fully saturated rings. The summed E-state index contributed by atoms with van der Waals surface area (Å²) in [5.74, 6) is 0.0878. The highest BCUT2D eigenvalue weighted by molar-refractivity contribution is 6.15. The maximum atomic E-state index is 12.4. The topological polar surface area (TPSA) is 47.8 Å². The van der Waals surface area contributed by atoms with Crippen LogP contribution in [-0.2, 0) is 6.42 Å². The normalized spacial score (nSPS) is 15.3. The van der Waals surface area contributed by atoms with E-state index in [9.17, 15) is 4.79 Å². The average molecular weight is 287 g/mol. The third-order valence-electron chi connectivity index (χ3n) is 3.79. The van der Waals surface area contributed by atoms with E-state index in [2.05, 4.69) is 10.3 Å². The second kappa shape index (κ2) is 5.07. The fourth-order valence-electron chi connectivity index (χ4n) is 2.70. The average Bonchev–Trinajstić information content (AvgIpc) is 3.15. The van der Waals surface area contributed by atoms with E-state index in [1.165, 1.54) is 0 Å². The fraction of sp³-hybridized carbons (Fsp3) is 0.0556. The van der Waals surface area contributed by atoms with Crippen molar-refractivity contribution >= 4 is 11.9 Å². The Bertz CT molecular complexity index is 878. The van der Waals surface area contributed by atoms with Gasteiger partial charge in [-0.25, -0.2) is 4.68 Å². The predicted molar refractivity (Wildman–Crippen MR) is 83.8 cm³/mol. The Kier molecular flexibility index (Phi) is 2.93. The maximum Gasteiger partial charge on any atom is 0.189 e. The quantitative estimate of drug-likeness (QED) is 0.680. The minimum atomic E-state index is 0.0878. The molecule has 0 N–H and O–H groups in total. The summed E-state index contributed by atoms with van der Waals surface area (Å²) in [5.41, 5.74) is 4.28. The molecule has 0 amide bonds. The van der Waals surface area contributed by atoms with E-state index in [-0.39, 0.29) is 5.78 Å². The van der Waals surface area contributed by atoms with E-state index in [4.69, 9.17) is 0 Å².